The molecule has 0 unspecified atom stereocenters. The Morgan fingerprint density at radius 1 is 1.30 bits per heavy atom. The number of carbonyl (C=O) groups is 1. The van der Waals surface area contributed by atoms with Gasteiger partial charge in [0.2, 0.25) is 0 Å². The van der Waals surface area contributed by atoms with E-state index in [4.69, 9.17) is 0 Å². The molecule has 130 valence electrons. The lowest BCUT2D eigenvalue weighted by Crippen LogP contribution is -2.36. The molecule has 0 aliphatic carbocycles. The van der Waals surface area contributed by atoms with Crippen LogP contribution in [0.3, 0.4) is 0 Å². The van der Waals surface area contributed by atoms with Gasteiger partial charge in [-0.3, -0.25) is 9.48 Å². The van der Waals surface area contributed by atoms with Crippen LogP contribution in [0.1, 0.15) is 56.2 Å². The van der Waals surface area contributed by atoms with Crippen molar-refractivity contribution in [2.24, 2.45) is 13.0 Å². The zero-order chi connectivity index (χ0) is 17.0. The number of likely N-dealkylation sites (tertiary alicyclic amines) is 1. The summed E-state index contributed by atoms with van der Waals surface area (Å²) in [6.45, 7) is 9.82. The third-order valence-corrected chi connectivity index (χ3v) is 4.76. The molecule has 1 atom stereocenters. The van der Waals surface area contributed by atoms with E-state index >= 15 is 0 Å². The summed E-state index contributed by atoms with van der Waals surface area (Å²) in [6, 6.07) is 2.50. The van der Waals surface area contributed by atoms with Crippen LogP contribution < -0.4 is 0 Å². The zero-order valence-electron chi connectivity index (χ0n) is 15.4. The van der Waals surface area contributed by atoms with E-state index in [0.717, 1.165) is 25.1 Å². The molecular formula is C18H32N4O. The topological polar surface area (TPSA) is 41.4 Å². The minimum absolute atomic E-state index is 0.0728. The van der Waals surface area contributed by atoms with Crippen LogP contribution in [0.25, 0.3) is 0 Å². The molecule has 1 saturated heterocycles. The van der Waals surface area contributed by atoms with Crippen molar-refractivity contribution in [1.82, 2.24) is 19.6 Å². The number of hydrogen-bond acceptors (Lipinski definition) is 3. The molecule has 0 saturated carbocycles. The summed E-state index contributed by atoms with van der Waals surface area (Å²) >= 11 is 0. The van der Waals surface area contributed by atoms with Crippen molar-refractivity contribution in [2.75, 3.05) is 26.7 Å². The normalized spacial score (nSPS) is 17.0. The lowest BCUT2D eigenvalue weighted by molar-refractivity contribution is 0.0770. The third-order valence-electron chi connectivity index (χ3n) is 4.76. The Balaban J connectivity index is 1.90. The average Bonchev–Trinajstić information content (AvgIpc) is 3.12. The molecule has 1 amide bonds. The van der Waals surface area contributed by atoms with Gasteiger partial charge in [0.1, 0.15) is 5.69 Å². The number of rotatable bonds is 7. The molecule has 0 aromatic carbocycles. The zero-order valence-corrected chi connectivity index (χ0v) is 15.4. The second-order valence-electron chi connectivity index (χ2n) is 7.35. The van der Waals surface area contributed by atoms with Crippen LogP contribution in [0.4, 0.5) is 0 Å². The van der Waals surface area contributed by atoms with E-state index in [1.165, 1.54) is 25.9 Å². The molecule has 0 N–H and O–H groups in total. The van der Waals surface area contributed by atoms with E-state index in [9.17, 15) is 4.79 Å². The van der Waals surface area contributed by atoms with Crippen LogP contribution in [-0.2, 0) is 13.5 Å². The monoisotopic (exact) mass is 320 g/mol. The Morgan fingerprint density at radius 2 is 1.96 bits per heavy atom. The van der Waals surface area contributed by atoms with Crippen molar-refractivity contribution in [3.05, 3.63) is 17.5 Å². The van der Waals surface area contributed by atoms with E-state index in [-0.39, 0.29) is 5.91 Å². The predicted molar refractivity (Wildman–Crippen MR) is 93.6 cm³/mol. The third kappa shape index (κ3) is 4.80. The summed E-state index contributed by atoms with van der Waals surface area (Å²) in [5, 5.41) is 4.47. The molecule has 0 bridgehead atoms. The fourth-order valence-corrected chi connectivity index (χ4v) is 3.29. The quantitative estimate of drug-likeness (QED) is 0.775. The van der Waals surface area contributed by atoms with Gasteiger partial charge in [0, 0.05) is 26.7 Å². The van der Waals surface area contributed by atoms with Gasteiger partial charge in [-0.15, -0.1) is 0 Å². The van der Waals surface area contributed by atoms with Gasteiger partial charge in [-0.1, -0.05) is 13.8 Å². The summed E-state index contributed by atoms with van der Waals surface area (Å²) < 4.78 is 1.72. The minimum Gasteiger partial charge on any atom is -0.340 e. The van der Waals surface area contributed by atoms with E-state index in [0.29, 0.717) is 17.7 Å². The van der Waals surface area contributed by atoms with Crippen molar-refractivity contribution in [3.63, 3.8) is 0 Å². The highest BCUT2D eigenvalue weighted by atomic mass is 16.2. The van der Waals surface area contributed by atoms with Gasteiger partial charge in [0.05, 0.1) is 5.69 Å². The van der Waals surface area contributed by atoms with Crippen molar-refractivity contribution >= 4 is 5.91 Å². The number of amides is 1. The molecule has 1 aromatic heterocycles. The first-order valence-corrected chi connectivity index (χ1v) is 8.91. The first kappa shape index (κ1) is 18.0. The first-order valence-electron chi connectivity index (χ1n) is 8.91. The molecule has 0 spiro atoms. The highest BCUT2D eigenvalue weighted by Crippen LogP contribution is 2.15. The van der Waals surface area contributed by atoms with Gasteiger partial charge in [-0.05, 0) is 57.7 Å². The van der Waals surface area contributed by atoms with Crippen molar-refractivity contribution in [2.45, 2.75) is 52.5 Å². The molecule has 0 radical (unpaired) electrons. The number of carbonyl (C=O) groups excluding carboxylic acids is 1. The minimum atomic E-state index is 0.0728. The predicted octanol–water partition coefficient (Wildman–Crippen LogP) is 2.57. The van der Waals surface area contributed by atoms with Crippen molar-refractivity contribution < 1.29 is 4.79 Å². The SMILES string of the molecule is CC(C)Cc1cc(C(=O)N(C)CC[C@@H](C)N2CCCC2)n(C)n1. The number of aromatic nitrogens is 2. The summed E-state index contributed by atoms with van der Waals surface area (Å²) in [7, 11) is 3.76. The molecule has 1 aliphatic heterocycles. The molecular weight excluding hydrogens is 288 g/mol. The maximum Gasteiger partial charge on any atom is 0.271 e. The molecule has 1 aromatic rings. The van der Waals surface area contributed by atoms with Gasteiger partial charge in [-0.2, -0.15) is 5.10 Å². The highest BCUT2D eigenvalue weighted by molar-refractivity contribution is 5.92. The summed E-state index contributed by atoms with van der Waals surface area (Å²) in [5.74, 6) is 0.621. The van der Waals surface area contributed by atoms with Crippen LogP contribution in [0, 0.1) is 5.92 Å². The average molecular weight is 320 g/mol. The van der Waals surface area contributed by atoms with Crippen LogP contribution in [0.5, 0.6) is 0 Å². The lowest BCUT2D eigenvalue weighted by atomic mass is 10.1. The van der Waals surface area contributed by atoms with Crippen LogP contribution in [-0.4, -0.2) is 58.2 Å². The van der Waals surface area contributed by atoms with Gasteiger partial charge < -0.3 is 9.80 Å². The lowest BCUT2D eigenvalue weighted by Gasteiger charge is -2.26. The Bertz CT molecular complexity index is 517. The van der Waals surface area contributed by atoms with Crippen LogP contribution >= 0.6 is 0 Å². The molecule has 1 aliphatic rings. The summed E-state index contributed by atoms with van der Waals surface area (Å²) in [6.07, 6.45) is 4.56. The maximum absolute atomic E-state index is 12.6. The fourth-order valence-electron chi connectivity index (χ4n) is 3.29. The summed E-state index contributed by atoms with van der Waals surface area (Å²) in [5.41, 5.74) is 1.70. The molecule has 5 nitrogen and oxygen atoms in total. The van der Waals surface area contributed by atoms with Crippen molar-refractivity contribution in [1.29, 1.82) is 0 Å². The molecule has 1 fully saturated rings. The summed E-state index contributed by atoms with van der Waals surface area (Å²) in [4.78, 5) is 17.0. The number of hydrogen-bond donors (Lipinski definition) is 0. The van der Waals surface area contributed by atoms with E-state index in [1.807, 2.05) is 25.1 Å². The molecule has 2 heterocycles. The molecule has 5 heteroatoms. The van der Waals surface area contributed by atoms with Gasteiger partial charge in [0.15, 0.2) is 0 Å². The molecule has 23 heavy (non-hydrogen) atoms. The van der Waals surface area contributed by atoms with Crippen molar-refractivity contribution in [3.8, 4) is 0 Å². The number of aryl methyl sites for hydroxylation is 1. The van der Waals surface area contributed by atoms with Crippen LogP contribution in [0.15, 0.2) is 6.07 Å². The Hall–Kier alpha value is -1.36. The fraction of sp³-hybridized carbons (Fsp3) is 0.778. The molecule has 2 rings (SSSR count). The maximum atomic E-state index is 12.6. The Morgan fingerprint density at radius 3 is 2.57 bits per heavy atom. The second-order valence-corrected chi connectivity index (χ2v) is 7.35. The number of nitrogens with zero attached hydrogens (tertiary/aromatic N) is 4. The van der Waals surface area contributed by atoms with E-state index < -0.39 is 0 Å². The highest BCUT2D eigenvalue weighted by Gasteiger charge is 2.21. The standard InChI is InChI=1S/C18H32N4O/c1-14(2)12-16-13-17(21(5)19-16)18(23)20(4)11-8-15(3)22-9-6-7-10-22/h13-15H,6-12H2,1-5H3/t15-/m1/s1. The largest absolute Gasteiger partial charge is 0.340 e. The Kier molecular flexibility index (Phi) is 6.22. The van der Waals surface area contributed by atoms with E-state index in [1.54, 1.807) is 4.68 Å². The Labute approximate surface area is 140 Å². The van der Waals surface area contributed by atoms with Gasteiger partial charge in [-0.25, -0.2) is 0 Å². The van der Waals surface area contributed by atoms with E-state index in [2.05, 4.69) is 30.8 Å². The smallest absolute Gasteiger partial charge is 0.271 e. The first-order chi connectivity index (χ1) is 10.9. The van der Waals surface area contributed by atoms with Gasteiger partial charge >= 0.3 is 0 Å². The van der Waals surface area contributed by atoms with Gasteiger partial charge in [0.25, 0.3) is 5.91 Å². The second kappa shape index (κ2) is 7.95. The van der Waals surface area contributed by atoms with Crippen LogP contribution in [0.2, 0.25) is 0 Å².